The molecule has 0 heterocycles. The number of benzene rings is 1. The van der Waals surface area contributed by atoms with Gasteiger partial charge in [-0.15, -0.1) is 0 Å². The molecule has 1 aromatic carbocycles. The Morgan fingerprint density at radius 2 is 1.86 bits per heavy atom. The highest BCUT2D eigenvalue weighted by Gasteiger charge is 2.05. The molecule has 0 aliphatic rings. The second-order valence-corrected chi connectivity index (χ2v) is 3.18. The summed E-state index contributed by atoms with van der Waals surface area (Å²) >= 11 is 0. The van der Waals surface area contributed by atoms with Crippen LogP contribution in [0, 0.1) is 13.8 Å². The predicted molar refractivity (Wildman–Crippen MR) is 58.0 cm³/mol. The van der Waals surface area contributed by atoms with Gasteiger partial charge in [-0.3, -0.25) is 0 Å². The Bertz CT molecular complexity index is 310. The van der Waals surface area contributed by atoms with Crippen LogP contribution in [-0.4, -0.2) is 21.0 Å². The van der Waals surface area contributed by atoms with Crippen LogP contribution in [0.3, 0.4) is 0 Å². The fraction of sp³-hybridized carbons (Fsp3) is 0.455. The maximum Gasteiger partial charge on any atom is 0.122 e. The monoisotopic (exact) mass is 195 g/mol. The summed E-state index contributed by atoms with van der Waals surface area (Å²) in [5.41, 5.74) is 3.44. The molecule has 0 aromatic heterocycles. The summed E-state index contributed by atoms with van der Waals surface area (Å²) in [4.78, 5) is 0. The van der Waals surface area contributed by atoms with Crippen LogP contribution in [0.4, 0.5) is 5.69 Å². The Morgan fingerprint density at radius 1 is 1.14 bits per heavy atom. The third-order valence-corrected chi connectivity index (χ3v) is 2.36. The number of nitrogens with one attached hydrogen (secondary N) is 1. The topological polar surface area (TPSA) is 30.5 Å². The van der Waals surface area contributed by atoms with Crippen LogP contribution in [0.2, 0.25) is 0 Å². The molecule has 1 aromatic rings. The number of hydrogen-bond acceptors (Lipinski definition) is 3. The van der Waals surface area contributed by atoms with Crippen molar-refractivity contribution in [2.75, 3.05) is 26.3 Å². The molecule has 1 rings (SSSR count). The summed E-state index contributed by atoms with van der Waals surface area (Å²) in [7, 11) is 3.35. The van der Waals surface area contributed by atoms with Crippen molar-refractivity contribution in [3.8, 4) is 5.75 Å². The fourth-order valence-corrected chi connectivity index (χ4v) is 1.36. The van der Waals surface area contributed by atoms with Crippen molar-refractivity contribution in [1.29, 1.82) is 0 Å². The second-order valence-electron chi connectivity index (χ2n) is 3.18. The lowest BCUT2D eigenvalue weighted by atomic mass is 10.1. The van der Waals surface area contributed by atoms with Gasteiger partial charge in [0, 0.05) is 12.8 Å². The zero-order valence-corrected chi connectivity index (χ0v) is 9.18. The summed E-state index contributed by atoms with van der Waals surface area (Å²) in [5, 5.41) is 3.18. The van der Waals surface area contributed by atoms with Crippen LogP contribution in [0.5, 0.6) is 5.75 Å². The van der Waals surface area contributed by atoms with Crippen molar-refractivity contribution in [1.82, 2.24) is 0 Å². The van der Waals surface area contributed by atoms with Crippen molar-refractivity contribution >= 4 is 5.69 Å². The maximum absolute atomic E-state index is 5.23. The molecule has 0 aliphatic carbocycles. The van der Waals surface area contributed by atoms with Gasteiger partial charge in [0.15, 0.2) is 0 Å². The molecular weight excluding hydrogens is 178 g/mol. The van der Waals surface area contributed by atoms with Gasteiger partial charge in [0.05, 0.1) is 7.11 Å². The van der Waals surface area contributed by atoms with E-state index >= 15 is 0 Å². The van der Waals surface area contributed by atoms with Crippen molar-refractivity contribution < 1.29 is 9.47 Å². The van der Waals surface area contributed by atoms with Gasteiger partial charge >= 0.3 is 0 Å². The lowest BCUT2D eigenvalue weighted by Gasteiger charge is -2.13. The molecule has 0 bridgehead atoms. The van der Waals surface area contributed by atoms with E-state index < -0.39 is 0 Å². The minimum absolute atomic E-state index is 0.520. The van der Waals surface area contributed by atoms with E-state index in [9.17, 15) is 0 Å². The molecule has 0 unspecified atom stereocenters. The SMILES string of the molecule is COCNc1ccc(OC)c(C)c1C. The van der Waals surface area contributed by atoms with Gasteiger partial charge in [-0.1, -0.05) is 0 Å². The second kappa shape index (κ2) is 4.86. The summed E-state index contributed by atoms with van der Waals surface area (Å²) < 4.78 is 10.2. The average molecular weight is 195 g/mol. The third-order valence-electron chi connectivity index (χ3n) is 2.36. The third kappa shape index (κ3) is 2.17. The molecule has 0 radical (unpaired) electrons. The lowest BCUT2D eigenvalue weighted by molar-refractivity contribution is 0.221. The van der Waals surface area contributed by atoms with Gasteiger partial charge in [-0.25, -0.2) is 0 Å². The van der Waals surface area contributed by atoms with Crippen molar-refractivity contribution in [3.05, 3.63) is 23.3 Å². The molecule has 1 N–H and O–H groups in total. The summed E-state index contributed by atoms with van der Waals surface area (Å²) in [6, 6.07) is 3.96. The minimum atomic E-state index is 0.520. The highest BCUT2D eigenvalue weighted by Crippen LogP contribution is 2.26. The molecule has 0 saturated heterocycles. The van der Waals surface area contributed by atoms with Crippen LogP contribution >= 0.6 is 0 Å². The minimum Gasteiger partial charge on any atom is -0.496 e. The van der Waals surface area contributed by atoms with Crippen LogP contribution < -0.4 is 10.1 Å². The van der Waals surface area contributed by atoms with Gasteiger partial charge < -0.3 is 14.8 Å². The quantitative estimate of drug-likeness (QED) is 0.748. The highest BCUT2D eigenvalue weighted by molar-refractivity contribution is 5.58. The molecule has 0 atom stereocenters. The Hall–Kier alpha value is -1.22. The number of rotatable bonds is 4. The van der Waals surface area contributed by atoms with E-state index in [-0.39, 0.29) is 0 Å². The first kappa shape index (κ1) is 10.9. The van der Waals surface area contributed by atoms with E-state index in [2.05, 4.69) is 12.2 Å². The number of methoxy groups -OCH3 is 2. The Labute approximate surface area is 85.0 Å². The van der Waals surface area contributed by atoms with Crippen molar-refractivity contribution in [2.24, 2.45) is 0 Å². The Balaban J connectivity index is 2.92. The van der Waals surface area contributed by atoms with E-state index in [4.69, 9.17) is 9.47 Å². The van der Waals surface area contributed by atoms with E-state index in [1.54, 1.807) is 14.2 Å². The molecule has 3 heteroatoms. The van der Waals surface area contributed by atoms with Gasteiger partial charge in [-0.05, 0) is 37.1 Å². The summed E-state index contributed by atoms with van der Waals surface area (Å²) in [5.74, 6) is 0.922. The first-order chi connectivity index (χ1) is 6.70. The van der Waals surface area contributed by atoms with Gasteiger partial charge in [0.25, 0.3) is 0 Å². The van der Waals surface area contributed by atoms with E-state index in [1.165, 1.54) is 5.56 Å². The predicted octanol–water partition coefficient (Wildman–Crippen LogP) is 2.33. The Kier molecular flexibility index (Phi) is 3.77. The zero-order chi connectivity index (χ0) is 10.6. The van der Waals surface area contributed by atoms with Crippen LogP contribution in [0.15, 0.2) is 12.1 Å². The van der Waals surface area contributed by atoms with Crippen molar-refractivity contribution in [3.63, 3.8) is 0 Å². The van der Waals surface area contributed by atoms with E-state index in [0.717, 1.165) is 17.0 Å². The standard InChI is InChI=1S/C11H17NO2/c1-8-9(2)11(14-4)6-5-10(8)12-7-13-3/h5-6,12H,7H2,1-4H3. The molecule has 78 valence electrons. The molecule has 0 aliphatic heterocycles. The number of hydrogen-bond donors (Lipinski definition) is 1. The van der Waals surface area contributed by atoms with Crippen LogP contribution in [-0.2, 0) is 4.74 Å². The fourth-order valence-electron chi connectivity index (χ4n) is 1.36. The largest absolute Gasteiger partial charge is 0.496 e. The van der Waals surface area contributed by atoms with Crippen LogP contribution in [0.1, 0.15) is 11.1 Å². The average Bonchev–Trinajstić information content (AvgIpc) is 2.20. The molecule has 0 spiro atoms. The summed E-state index contributed by atoms with van der Waals surface area (Å²) in [6.45, 7) is 4.63. The first-order valence-corrected chi connectivity index (χ1v) is 4.57. The first-order valence-electron chi connectivity index (χ1n) is 4.57. The smallest absolute Gasteiger partial charge is 0.122 e. The maximum atomic E-state index is 5.23. The molecule has 14 heavy (non-hydrogen) atoms. The highest BCUT2D eigenvalue weighted by atomic mass is 16.5. The van der Waals surface area contributed by atoms with Gasteiger partial charge in [-0.2, -0.15) is 0 Å². The number of ether oxygens (including phenoxy) is 2. The normalized spacial score (nSPS) is 10.0. The van der Waals surface area contributed by atoms with Gasteiger partial charge in [0.2, 0.25) is 0 Å². The van der Waals surface area contributed by atoms with E-state index in [0.29, 0.717) is 6.73 Å². The van der Waals surface area contributed by atoms with Crippen LogP contribution in [0.25, 0.3) is 0 Å². The Morgan fingerprint density at radius 3 is 2.43 bits per heavy atom. The molecule has 0 fully saturated rings. The molecular formula is C11H17NO2. The van der Waals surface area contributed by atoms with Crippen molar-refractivity contribution in [2.45, 2.75) is 13.8 Å². The molecule has 0 amide bonds. The van der Waals surface area contributed by atoms with Gasteiger partial charge in [0.1, 0.15) is 12.5 Å². The molecule has 3 nitrogen and oxygen atoms in total. The zero-order valence-electron chi connectivity index (χ0n) is 9.18. The lowest BCUT2D eigenvalue weighted by Crippen LogP contribution is -2.05. The number of anilines is 1. The summed E-state index contributed by atoms with van der Waals surface area (Å²) in [6.07, 6.45) is 0. The van der Waals surface area contributed by atoms with E-state index in [1.807, 2.05) is 19.1 Å². The molecule has 0 saturated carbocycles.